The summed E-state index contributed by atoms with van der Waals surface area (Å²) < 4.78 is 0. The minimum absolute atomic E-state index is 0.607. The van der Waals surface area contributed by atoms with Gasteiger partial charge in [0.1, 0.15) is 0 Å². The molecule has 0 saturated heterocycles. The number of aryl methyl sites for hydroxylation is 1. The molecule has 0 radical (unpaired) electrons. The monoisotopic (exact) mass is 162 g/mol. The molecule has 1 aromatic rings. The lowest BCUT2D eigenvalue weighted by Gasteiger charge is -2.17. The fourth-order valence-electron chi connectivity index (χ4n) is 1.45. The molecule has 12 heavy (non-hydrogen) atoms. The highest BCUT2D eigenvalue weighted by atomic mass is 14.8. The van der Waals surface area contributed by atoms with Crippen molar-refractivity contribution in [3.8, 4) is 0 Å². The van der Waals surface area contributed by atoms with E-state index in [1.807, 2.05) is 7.05 Å². The lowest BCUT2D eigenvalue weighted by atomic mass is 9.98. The van der Waals surface area contributed by atoms with Crippen LogP contribution in [0.3, 0.4) is 0 Å². The van der Waals surface area contributed by atoms with E-state index in [9.17, 15) is 0 Å². The van der Waals surface area contributed by atoms with Crippen molar-refractivity contribution in [1.82, 2.24) is 0 Å². The standard InChI is InChI=1S/C11H16N/c1-8(2)11-6-5-10(12-4)7-9(11)3/h5-8H,1-4H3/q-1. The van der Waals surface area contributed by atoms with Gasteiger partial charge in [-0.1, -0.05) is 32.0 Å². The van der Waals surface area contributed by atoms with E-state index in [0.717, 1.165) is 5.69 Å². The maximum Gasteiger partial charge on any atom is -0.0216 e. The Bertz CT molecular complexity index is 264. The number of hydrogen-bond donors (Lipinski definition) is 0. The normalized spacial score (nSPS) is 10.4. The summed E-state index contributed by atoms with van der Waals surface area (Å²) in [5.41, 5.74) is 3.83. The zero-order chi connectivity index (χ0) is 9.14. The largest absolute Gasteiger partial charge is 0.687 e. The lowest BCUT2D eigenvalue weighted by Crippen LogP contribution is -1.90. The SMILES string of the molecule is C[N-]c1ccc(C(C)C)c(C)c1. The zero-order valence-corrected chi connectivity index (χ0v) is 8.26. The third-order valence-corrected chi connectivity index (χ3v) is 2.13. The Morgan fingerprint density at radius 3 is 2.33 bits per heavy atom. The molecule has 0 N–H and O–H groups in total. The second kappa shape index (κ2) is 3.61. The summed E-state index contributed by atoms with van der Waals surface area (Å²) in [6.45, 7) is 6.57. The Kier molecular flexibility index (Phi) is 2.74. The van der Waals surface area contributed by atoms with Crippen molar-refractivity contribution in [3.63, 3.8) is 0 Å². The minimum atomic E-state index is 0.607. The van der Waals surface area contributed by atoms with E-state index in [2.05, 4.69) is 44.3 Å². The first-order valence-electron chi connectivity index (χ1n) is 4.35. The summed E-state index contributed by atoms with van der Waals surface area (Å²) in [4.78, 5) is 0. The van der Waals surface area contributed by atoms with Crippen molar-refractivity contribution in [1.29, 1.82) is 0 Å². The van der Waals surface area contributed by atoms with Crippen LogP contribution >= 0.6 is 0 Å². The maximum atomic E-state index is 4.13. The third kappa shape index (κ3) is 1.79. The third-order valence-electron chi connectivity index (χ3n) is 2.13. The van der Waals surface area contributed by atoms with Gasteiger partial charge < -0.3 is 5.32 Å². The van der Waals surface area contributed by atoms with Crippen LogP contribution in [0.5, 0.6) is 0 Å². The first-order chi connectivity index (χ1) is 5.65. The van der Waals surface area contributed by atoms with Crippen molar-refractivity contribution < 1.29 is 0 Å². The van der Waals surface area contributed by atoms with E-state index in [1.54, 1.807) is 0 Å². The molecule has 1 rings (SSSR count). The molecule has 0 fully saturated rings. The predicted molar refractivity (Wildman–Crippen MR) is 54.2 cm³/mol. The van der Waals surface area contributed by atoms with Crippen LogP contribution < -0.4 is 0 Å². The van der Waals surface area contributed by atoms with Gasteiger partial charge in [0.15, 0.2) is 0 Å². The van der Waals surface area contributed by atoms with E-state index in [4.69, 9.17) is 0 Å². The summed E-state index contributed by atoms with van der Waals surface area (Å²) in [6, 6.07) is 6.38. The quantitative estimate of drug-likeness (QED) is 0.628. The number of benzene rings is 1. The van der Waals surface area contributed by atoms with Crippen LogP contribution in [0.4, 0.5) is 5.69 Å². The average Bonchev–Trinajstić information content (AvgIpc) is 2.03. The second-order valence-electron chi connectivity index (χ2n) is 3.42. The summed E-state index contributed by atoms with van der Waals surface area (Å²) in [5, 5.41) is 4.13. The van der Waals surface area contributed by atoms with Gasteiger partial charge in [0, 0.05) is 0 Å². The molecule has 0 aromatic heterocycles. The molecule has 0 aliphatic carbocycles. The molecule has 1 heteroatoms. The Labute approximate surface area is 74.8 Å². The van der Waals surface area contributed by atoms with E-state index < -0.39 is 0 Å². The summed E-state index contributed by atoms with van der Waals surface area (Å²) in [6.07, 6.45) is 0. The van der Waals surface area contributed by atoms with E-state index in [0.29, 0.717) is 5.92 Å². The van der Waals surface area contributed by atoms with Crippen molar-refractivity contribution in [2.75, 3.05) is 7.05 Å². The van der Waals surface area contributed by atoms with Gasteiger partial charge in [-0.15, -0.1) is 12.7 Å². The summed E-state index contributed by atoms with van der Waals surface area (Å²) >= 11 is 0. The Morgan fingerprint density at radius 2 is 1.92 bits per heavy atom. The highest BCUT2D eigenvalue weighted by Crippen LogP contribution is 2.24. The van der Waals surface area contributed by atoms with Gasteiger partial charge in [-0.2, -0.15) is 0 Å². The van der Waals surface area contributed by atoms with Crippen molar-refractivity contribution >= 4 is 5.69 Å². The molecule has 1 aromatic carbocycles. The number of rotatable bonds is 2. The zero-order valence-electron chi connectivity index (χ0n) is 8.26. The van der Waals surface area contributed by atoms with E-state index in [1.165, 1.54) is 11.1 Å². The fourth-order valence-corrected chi connectivity index (χ4v) is 1.45. The smallest absolute Gasteiger partial charge is 0.0216 e. The number of nitrogens with zero attached hydrogens (tertiary/aromatic N) is 1. The van der Waals surface area contributed by atoms with Gasteiger partial charge in [-0.25, -0.2) is 0 Å². The molecule has 0 saturated carbocycles. The minimum Gasteiger partial charge on any atom is -0.687 e. The average molecular weight is 162 g/mol. The molecule has 0 aliphatic rings. The molecule has 1 nitrogen and oxygen atoms in total. The summed E-state index contributed by atoms with van der Waals surface area (Å²) in [5.74, 6) is 0.607. The molecule has 0 aliphatic heterocycles. The van der Waals surface area contributed by atoms with Crippen molar-refractivity contribution in [2.24, 2.45) is 0 Å². The fraction of sp³-hybridized carbons (Fsp3) is 0.455. The molecule has 0 unspecified atom stereocenters. The lowest BCUT2D eigenvalue weighted by molar-refractivity contribution is 0.857. The van der Waals surface area contributed by atoms with Gasteiger partial charge >= 0.3 is 0 Å². The van der Waals surface area contributed by atoms with Crippen LogP contribution in [0.2, 0.25) is 0 Å². The van der Waals surface area contributed by atoms with Gasteiger partial charge in [0.05, 0.1) is 0 Å². The highest BCUT2D eigenvalue weighted by Gasteiger charge is 2.00. The second-order valence-corrected chi connectivity index (χ2v) is 3.42. The Morgan fingerprint density at radius 1 is 1.25 bits per heavy atom. The highest BCUT2D eigenvalue weighted by molar-refractivity contribution is 5.52. The molecule has 0 spiro atoms. The molecular formula is C11H16N-. The van der Waals surface area contributed by atoms with Gasteiger partial charge in [-0.3, -0.25) is 0 Å². The van der Waals surface area contributed by atoms with Gasteiger partial charge in [0.2, 0.25) is 0 Å². The summed E-state index contributed by atoms with van der Waals surface area (Å²) in [7, 11) is 1.82. The first-order valence-corrected chi connectivity index (χ1v) is 4.35. The van der Waals surface area contributed by atoms with Crippen LogP contribution in [0.1, 0.15) is 30.9 Å². The van der Waals surface area contributed by atoms with Crippen LogP contribution in [0, 0.1) is 6.92 Å². The van der Waals surface area contributed by atoms with Crippen LogP contribution in [-0.2, 0) is 0 Å². The van der Waals surface area contributed by atoms with Gasteiger partial charge in [-0.05, 0) is 24.0 Å². The first kappa shape index (κ1) is 9.11. The predicted octanol–water partition coefficient (Wildman–Crippen LogP) is 3.75. The van der Waals surface area contributed by atoms with E-state index >= 15 is 0 Å². The van der Waals surface area contributed by atoms with Crippen molar-refractivity contribution in [2.45, 2.75) is 26.7 Å². The molecule has 66 valence electrons. The molecule has 0 amide bonds. The molecule has 0 heterocycles. The molecular weight excluding hydrogens is 146 g/mol. The van der Waals surface area contributed by atoms with Crippen LogP contribution in [0.25, 0.3) is 5.32 Å². The Balaban J connectivity index is 3.03. The molecule has 0 bridgehead atoms. The van der Waals surface area contributed by atoms with E-state index in [-0.39, 0.29) is 0 Å². The maximum absolute atomic E-state index is 4.13. The molecule has 0 atom stereocenters. The van der Waals surface area contributed by atoms with Crippen LogP contribution in [-0.4, -0.2) is 7.05 Å². The number of hydrogen-bond acceptors (Lipinski definition) is 0. The topological polar surface area (TPSA) is 14.1 Å². The van der Waals surface area contributed by atoms with Crippen molar-refractivity contribution in [3.05, 3.63) is 34.6 Å². The van der Waals surface area contributed by atoms with Gasteiger partial charge in [0.25, 0.3) is 0 Å². The van der Waals surface area contributed by atoms with Crippen LogP contribution in [0.15, 0.2) is 18.2 Å². The Hall–Kier alpha value is -0.980.